The van der Waals surface area contributed by atoms with E-state index in [-0.39, 0.29) is 11.0 Å². The highest BCUT2D eigenvalue weighted by Crippen LogP contribution is 2.13. The molecule has 0 fully saturated rings. The summed E-state index contributed by atoms with van der Waals surface area (Å²) in [5.41, 5.74) is 0. The number of nitrogens with zero attached hydrogens (tertiary/aromatic N) is 2. The van der Waals surface area contributed by atoms with Gasteiger partial charge in [-0.25, -0.2) is 8.42 Å². The molecule has 1 rings (SSSR count). The van der Waals surface area contributed by atoms with Crippen molar-refractivity contribution in [2.75, 3.05) is 7.11 Å². The summed E-state index contributed by atoms with van der Waals surface area (Å²) in [6, 6.07) is 0. The second-order valence-corrected chi connectivity index (χ2v) is 5.45. The van der Waals surface area contributed by atoms with Gasteiger partial charge in [0.25, 0.3) is 9.05 Å². The van der Waals surface area contributed by atoms with Gasteiger partial charge in [0.1, 0.15) is 4.90 Å². The molecule has 1 heterocycles. The number of aromatic nitrogens is 2. The maximum atomic E-state index is 10.9. The Morgan fingerprint density at radius 2 is 2.36 bits per heavy atom. The molecule has 0 radical (unpaired) electrons. The molecule has 1 unspecified atom stereocenters. The fourth-order valence-electron chi connectivity index (χ4n) is 0.908. The van der Waals surface area contributed by atoms with E-state index in [1.54, 1.807) is 7.11 Å². The van der Waals surface area contributed by atoms with Crippen molar-refractivity contribution in [3.63, 3.8) is 0 Å². The molecule has 14 heavy (non-hydrogen) atoms. The molecule has 0 aliphatic carbocycles. The van der Waals surface area contributed by atoms with Crippen LogP contribution in [0, 0.1) is 0 Å². The van der Waals surface area contributed by atoms with E-state index in [2.05, 4.69) is 5.10 Å². The molecule has 0 saturated carbocycles. The SMILES string of the molecule is COC(C)Cn1cc(S(=O)(=O)Cl)cn1. The summed E-state index contributed by atoms with van der Waals surface area (Å²) in [4.78, 5) is 0.00229. The molecule has 1 aromatic rings. The van der Waals surface area contributed by atoms with Gasteiger partial charge in [-0.1, -0.05) is 0 Å². The Bertz CT molecular complexity index is 401. The number of hydrogen-bond acceptors (Lipinski definition) is 4. The summed E-state index contributed by atoms with van der Waals surface area (Å²) < 4.78 is 28.2. The molecular formula is C7H11ClN2O3S. The number of halogens is 1. The number of methoxy groups -OCH3 is 1. The van der Waals surface area contributed by atoms with Crippen LogP contribution in [0.4, 0.5) is 0 Å². The van der Waals surface area contributed by atoms with Crippen molar-refractivity contribution in [1.29, 1.82) is 0 Å². The van der Waals surface area contributed by atoms with Gasteiger partial charge in [0.2, 0.25) is 0 Å². The lowest BCUT2D eigenvalue weighted by molar-refractivity contribution is 0.0997. The molecule has 5 nitrogen and oxygen atoms in total. The van der Waals surface area contributed by atoms with Gasteiger partial charge >= 0.3 is 0 Å². The van der Waals surface area contributed by atoms with E-state index < -0.39 is 9.05 Å². The molecule has 1 atom stereocenters. The minimum absolute atomic E-state index is 0.00229. The van der Waals surface area contributed by atoms with E-state index in [1.165, 1.54) is 17.1 Å². The molecule has 0 N–H and O–H groups in total. The number of hydrogen-bond donors (Lipinski definition) is 0. The zero-order chi connectivity index (χ0) is 10.8. The van der Waals surface area contributed by atoms with Crippen LogP contribution < -0.4 is 0 Å². The van der Waals surface area contributed by atoms with Crippen LogP contribution in [0.5, 0.6) is 0 Å². The minimum Gasteiger partial charge on any atom is -0.380 e. The highest BCUT2D eigenvalue weighted by molar-refractivity contribution is 8.13. The molecule has 0 aromatic carbocycles. The predicted octanol–water partition coefficient (Wildman–Crippen LogP) is 0.846. The maximum Gasteiger partial charge on any atom is 0.264 e. The third-order valence-electron chi connectivity index (χ3n) is 1.74. The third kappa shape index (κ3) is 2.97. The quantitative estimate of drug-likeness (QED) is 0.730. The molecule has 80 valence electrons. The van der Waals surface area contributed by atoms with Gasteiger partial charge in [0.05, 0.1) is 18.8 Å². The van der Waals surface area contributed by atoms with Crippen LogP contribution in [0.15, 0.2) is 17.3 Å². The lowest BCUT2D eigenvalue weighted by Crippen LogP contribution is -2.14. The molecule has 7 heteroatoms. The zero-order valence-electron chi connectivity index (χ0n) is 7.84. The fourth-order valence-corrected chi connectivity index (χ4v) is 1.57. The van der Waals surface area contributed by atoms with Gasteiger partial charge < -0.3 is 4.74 Å². The topological polar surface area (TPSA) is 61.2 Å². The lowest BCUT2D eigenvalue weighted by atomic mass is 10.4. The van der Waals surface area contributed by atoms with E-state index in [1.807, 2.05) is 6.92 Å². The minimum atomic E-state index is -3.68. The fraction of sp³-hybridized carbons (Fsp3) is 0.571. The summed E-state index contributed by atoms with van der Waals surface area (Å²) in [5, 5.41) is 3.84. The zero-order valence-corrected chi connectivity index (χ0v) is 9.42. The van der Waals surface area contributed by atoms with Gasteiger partial charge in [0, 0.05) is 24.0 Å². The Balaban J connectivity index is 2.79. The monoisotopic (exact) mass is 238 g/mol. The van der Waals surface area contributed by atoms with Crippen LogP contribution in [0.2, 0.25) is 0 Å². The Kier molecular flexibility index (Phi) is 3.52. The average molecular weight is 239 g/mol. The number of rotatable bonds is 4. The van der Waals surface area contributed by atoms with Gasteiger partial charge in [-0.2, -0.15) is 5.10 Å². The van der Waals surface area contributed by atoms with Gasteiger partial charge in [-0.15, -0.1) is 0 Å². The van der Waals surface area contributed by atoms with Crippen LogP contribution in [0.1, 0.15) is 6.92 Å². The highest BCUT2D eigenvalue weighted by atomic mass is 35.7. The third-order valence-corrected chi connectivity index (χ3v) is 3.05. The first-order valence-electron chi connectivity index (χ1n) is 3.93. The van der Waals surface area contributed by atoms with Crippen LogP contribution in [-0.2, 0) is 20.3 Å². The molecule has 0 bridgehead atoms. The number of ether oxygens (including phenoxy) is 1. The summed E-state index contributed by atoms with van der Waals surface area (Å²) in [6.45, 7) is 2.35. The molecule has 0 aliphatic rings. The Morgan fingerprint density at radius 1 is 1.71 bits per heavy atom. The van der Waals surface area contributed by atoms with Crippen LogP contribution in [0.3, 0.4) is 0 Å². The van der Waals surface area contributed by atoms with Crippen molar-refractivity contribution in [3.05, 3.63) is 12.4 Å². The van der Waals surface area contributed by atoms with Crippen LogP contribution >= 0.6 is 10.7 Å². The Labute approximate surface area is 87.0 Å². The summed E-state index contributed by atoms with van der Waals surface area (Å²) in [6.07, 6.45) is 2.56. The second-order valence-electron chi connectivity index (χ2n) is 2.88. The second kappa shape index (κ2) is 4.29. The normalized spacial score (nSPS) is 14.2. The summed E-state index contributed by atoms with van der Waals surface area (Å²) in [5.74, 6) is 0. The standard InChI is InChI=1S/C7H11ClN2O3S/c1-6(13-2)4-10-5-7(3-9-10)14(8,11)12/h3,5-6H,4H2,1-2H3. The predicted molar refractivity (Wildman–Crippen MR) is 51.7 cm³/mol. The lowest BCUT2D eigenvalue weighted by Gasteiger charge is -2.08. The van der Waals surface area contributed by atoms with Crippen molar-refractivity contribution in [2.24, 2.45) is 0 Å². The van der Waals surface area contributed by atoms with Crippen molar-refractivity contribution in [2.45, 2.75) is 24.5 Å². The van der Waals surface area contributed by atoms with E-state index in [9.17, 15) is 8.42 Å². The molecule has 0 spiro atoms. The largest absolute Gasteiger partial charge is 0.380 e. The van der Waals surface area contributed by atoms with Gasteiger partial charge in [0.15, 0.2) is 0 Å². The van der Waals surface area contributed by atoms with Crippen LogP contribution in [0.25, 0.3) is 0 Å². The maximum absolute atomic E-state index is 10.9. The first-order chi connectivity index (χ1) is 6.43. The van der Waals surface area contributed by atoms with Crippen molar-refractivity contribution >= 4 is 19.7 Å². The summed E-state index contributed by atoms with van der Waals surface area (Å²) in [7, 11) is 3.03. The Hall–Kier alpha value is -0.590. The van der Waals surface area contributed by atoms with Crippen LogP contribution in [-0.4, -0.2) is 31.4 Å². The molecule has 0 amide bonds. The first-order valence-corrected chi connectivity index (χ1v) is 6.24. The first kappa shape index (κ1) is 11.5. The molecule has 0 saturated heterocycles. The van der Waals surface area contributed by atoms with Crippen molar-refractivity contribution < 1.29 is 13.2 Å². The van der Waals surface area contributed by atoms with Gasteiger partial charge in [-0.3, -0.25) is 4.68 Å². The van der Waals surface area contributed by atoms with Crippen molar-refractivity contribution in [1.82, 2.24) is 9.78 Å². The summed E-state index contributed by atoms with van der Waals surface area (Å²) >= 11 is 0. The van der Waals surface area contributed by atoms with Gasteiger partial charge in [-0.05, 0) is 6.92 Å². The highest BCUT2D eigenvalue weighted by Gasteiger charge is 2.13. The Morgan fingerprint density at radius 3 is 2.79 bits per heavy atom. The van der Waals surface area contributed by atoms with Crippen molar-refractivity contribution in [3.8, 4) is 0 Å². The molecule has 1 aromatic heterocycles. The van der Waals surface area contributed by atoms with E-state index >= 15 is 0 Å². The smallest absolute Gasteiger partial charge is 0.264 e. The van der Waals surface area contributed by atoms with E-state index in [0.29, 0.717) is 6.54 Å². The van der Waals surface area contributed by atoms with E-state index in [4.69, 9.17) is 15.4 Å². The average Bonchev–Trinajstić information content (AvgIpc) is 2.51. The molecule has 0 aliphatic heterocycles. The van der Waals surface area contributed by atoms with E-state index in [0.717, 1.165) is 0 Å². The molecular weight excluding hydrogens is 228 g/mol.